The van der Waals surface area contributed by atoms with Gasteiger partial charge in [0.25, 0.3) is 10.0 Å². The number of β-amino-alcohol motifs (C(OH)–C–C–N with tert-alkyl or cyclic N) is 1. The molecule has 1 saturated heterocycles. The molecule has 1 aliphatic rings. The van der Waals surface area contributed by atoms with Gasteiger partial charge in [-0.25, -0.2) is 8.42 Å². The fourth-order valence-corrected chi connectivity index (χ4v) is 5.07. The van der Waals surface area contributed by atoms with Crippen LogP contribution >= 0.6 is 22.9 Å². The van der Waals surface area contributed by atoms with Gasteiger partial charge in [0, 0.05) is 13.0 Å². The number of nitrogens with zero attached hydrogens (tertiary/aromatic N) is 1. The Morgan fingerprint density at radius 3 is 2.67 bits per heavy atom. The van der Waals surface area contributed by atoms with E-state index >= 15 is 0 Å². The molecule has 0 bridgehead atoms. The molecule has 18 heavy (non-hydrogen) atoms. The van der Waals surface area contributed by atoms with Crippen molar-refractivity contribution in [3.05, 3.63) is 16.5 Å². The van der Waals surface area contributed by atoms with E-state index in [4.69, 9.17) is 16.7 Å². The van der Waals surface area contributed by atoms with Crippen molar-refractivity contribution in [1.29, 1.82) is 0 Å². The van der Waals surface area contributed by atoms with Gasteiger partial charge in [-0.15, -0.1) is 11.3 Å². The minimum atomic E-state index is -3.92. The maximum absolute atomic E-state index is 12.2. The van der Waals surface area contributed by atoms with Crippen LogP contribution in [-0.4, -0.2) is 47.6 Å². The van der Waals surface area contributed by atoms with Gasteiger partial charge < -0.3 is 10.2 Å². The molecule has 0 spiro atoms. The quantitative estimate of drug-likeness (QED) is 0.853. The van der Waals surface area contributed by atoms with Crippen LogP contribution in [0.15, 0.2) is 16.3 Å². The van der Waals surface area contributed by atoms with Gasteiger partial charge in [-0.2, -0.15) is 4.31 Å². The van der Waals surface area contributed by atoms with Crippen LogP contribution in [0, 0.1) is 0 Å². The van der Waals surface area contributed by atoms with Crippen molar-refractivity contribution in [1.82, 2.24) is 4.31 Å². The average Bonchev–Trinajstić information content (AvgIpc) is 2.84. The molecule has 0 aromatic carbocycles. The topological polar surface area (TPSA) is 94.9 Å². The number of rotatable bonds is 3. The van der Waals surface area contributed by atoms with Gasteiger partial charge in [0.2, 0.25) is 0 Å². The third-order valence-corrected chi connectivity index (χ3v) is 6.20. The minimum Gasteiger partial charge on any atom is -0.480 e. The largest absolute Gasteiger partial charge is 0.480 e. The van der Waals surface area contributed by atoms with Gasteiger partial charge in [-0.3, -0.25) is 4.79 Å². The van der Waals surface area contributed by atoms with Crippen LogP contribution in [0.2, 0.25) is 4.34 Å². The number of aliphatic carboxylic acids is 1. The third kappa shape index (κ3) is 2.39. The molecule has 0 amide bonds. The van der Waals surface area contributed by atoms with E-state index in [2.05, 4.69) is 0 Å². The van der Waals surface area contributed by atoms with Crippen LogP contribution in [0.25, 0.3) is 0 Å². The first-order valence-electron chi connectivity index (χ1n) is 5.00. The standard InChI is InChI=1S/C9H10ClNO5S2/c10-7-1-2-8(17-7)18(15,16)11-4-5(12)3-6(11)9(13)14/h1-2,5-6,12H,3-4H2,(H,13,14)/t5-,6-/m0/s1. The Bertz CT molecular complexity index is 569. The molecular weight excluding hydrogens is 302 g/mol. The second kappa shape index (κ2) is 4.78. The Labute approximate surface area is 112 Å². The van der Waals surface area contributed by atoms with Gasteiger partial charge in [-0.05, 0) is 12.1 Å². The highest BCUT2D eigenvalue weighted by Crippen LogP contribution is 2.32. The van der Waals surface area contributed by atoms with E-state index in [0.29, 0.717) is 4.34 Å². The number of carboxylic acid groups (broad SMARTS) is 1. The molecule has 2 rings (SSSR count). The number of carboxylic acids is 1. The van der Waals surface area contributed by atoms with E-state index in [1.54, 1.807) is 0 Å². The number of hydrogen-bond acceptors (Lipinski definition) is 5. The summed E-state index contributed by atoms with van der Waals surface area (Å²) in [6.07, 6.45) is -1.07. The lowest BCUT2D eigenvalue weighted by atomic mass is 10.2. The predicted molar refractivity (Wildman–Crippen MR) is 65.3 cm³/mol. The van der Waals surface area contributed by atoms with Gasteiger partial charge in [-0.1, -0.05) is 11.6 Å². The van der Waals surface area contributed by atoms with E-state index in [1.807, 2.05) is 0 Å². The molecule has 1 aromatic rings. The fourth-order valence-electron chi connectivity index (χ4n) is 1.83. The molecule has 2 heterocycles. The summed E-state index contributed by atoms with van der Waals surface area (Å²) in [6, 6.07) is 1.53. The molecule has 1 aliphatic heterocycles. The highest BCUT2D eigenvalue weighted by molar-refractivity contribution is 7.91. The molecule has 9 heteroatoms. The SMILES string of the molecule is O=C(O)[C@@H]1C[C@H](O)CN1S(=O)(=O)c1ccc(Cl)s1. The van der Waals surface area contributed by atoms with E-state index in [1.165, 1.54) is 12.1 Å². The van der Waals surface area contributed by atoms with E-state index in [0.717, 1.165) is 15.6 Å². The second-order valence-electron chi connectivity index (χ2n) is 3.88. The lowest BCUT2D eigenvalue weighted by Crippen LogP contribution is -2.40. The molecule has 0 saturated carbocycles. The number of halogens is 1. The summed E-state index contributed by atoms with van der Waals surface area (Å²) in [7, 11) is -3.92. The minimum absolute atomic E-state index is 0.0205. The molecule has 1 fully saturated rings. The molecule has 2 N–H and O–H groups in total. The third-order valence-electron chi connectivity index (χ3n) is 2.63. The van der Waals surface area contributed by atoms with E-state index in [-0.39, 0.29) is 17.2 Å². The van der Waals surface area contributed by atoms with Crippen molar-refractivity contribution < 1.29 is 23.4 Å². The Hall–Kier alpha value is -0.670. The van der Waals surface area contributed by atoms with Gasteiger partial charge >= 0.3 is 5.97 Å². The molecule has 0 radical (unpaired) electrons. The van der Waals surface area contributed by atoms with Crippen LogP contribution in [0.5, 0.6) is 0 Å². The Morgan fingerprint density at radius 2 is 2.17 bits per heavy atom. The van der Waals surface area contributed by atoms with Gasteiger partial charge in [0.1, 0.15) is 10.3 Å². The number of thiophene rings is 1. The van der Waals surface area contributed by atoms with Crippen molar-refractivity contribution >= 4 is 38.9 Å². The van der Waals surface area contributed by atoms with Crippen LogP contribution < -0.4 is 0 Å². The van der Waals surface area contributed by atoms with Gasteiger partial charge in [0.05, 0.1) is 10.4 Å². The van der Waals surface area contributed by atoms with E-state index in [9.17, 15) is 18.3 Å². The first-order chi connectivity index (χ1) is 8.32. The van der Waals surface area contributed by atoms with Crippen molar-refractivity contribution in [2.75, 3.05) is 6.54 Å². The summed E-state index contributed by atoms with van der Waals surface area (Å²) in [5.41, 5.74) is 0. The number of aliphatic hydroxyl groups excluding tert-OH is 1. The van der Waals surface area contributed by atoms with Crippen molar-refractivity contribution in [3.63, 3.8) is 0 Å². The fraction of sp³-hybridized carbons (Fsp3) is 0.444. The number of sulfonamides is 1. The van der Waals surface area contributed by atoms with Crippen molar-refractivity contribution in [2.45, 2.75) is 22.8 Å². The van der Waals surface area contributed by atoms with Crippen LogP contribution in [0.1, 0.15) is 6.42 Å². The molecule has 6 nitrogen and oxygen atoms in total. The lowest BCUT2D eigenvalue weighted by Gasteiger charge is -2.19. The highest BCUT2D eigenvalue weighted by atomic mass is 35.5. The maximum atomic E-state index is 12.2. The van der Waals surface area contributed by atoms with Crippen LogP contribution in [0.3, 0.4) is 0 Å². The van der Waals surface area contributed by atoms with Crippen molar-refractivity contribution in [2.24, 2.45) is 0 Å². The normalized spacial score (nSPS) is 25.4. The highest BCUT2D eigenvalue weighted by Gasteiger charge is 2.44. The number of carbonyl (C=O) groups is 1. The van der Waals surface area contributed by atoms with Crippen molar-refractivity contribution in [3.8, 4) is 0 Å². The Balaban J connectivity index is 2.38. The zero-order valence-corrected chi connectivity index (χ0v) is 11.4. The molecule has 1 aromatic heterocycles. The first-order valence-corrected chi connectivity index (χ1v) is 7.64. The second-order valence-corrected chi connectivity index (χ2v) is 7.71. The summed E-state index contributed by atoms with van der Waals surface area (Å²) in [5, 5.41) is 18.4. The summed E-state index contributed by atoms with van der Waals surface area (Å²) in [5.74, 6) is -1.27. The number of hydrogen-bond donors (Lipinski definition) is 2. The van der Waals surface area contributed by atoms with Crippen LogP contribution in [0.4, 0.5) is 0 Å². The zero-order chi connectivity index (χ0) is 13.5. The predicted octanol–water partition coefficient (Wildman–Crippen LogP) is 0.610. The first kappa shape index (κ1) is 13.8. The maximum Gasteiger partial charge on any atom is 0.322 e. The van der Waals surface area contributed by atoms with Gasteiger partial charge in [0.15, 0.2) is 0 Å². The molecule has 0 unspecified atom stereocenters. The number of aliphatic hydroxyl groups is 1. The van der Waals surface area contributed by atoms with Crippen LogP contribution in [-0.2, 0) is 14.8 Å². The molecular formula is C9H10ClNO5S2. The smallest absolute Gasteiger partial charge is 0.322 e. The molecule has 100 valence electrons. The average molecular weight is 312 g/mol. The summed E-state index contributed by atoms with van der Waals surface area (Å²) < 4.78 is 25.5. The monoisotopic (exact) mass is 311 g/mol. The summed E-state index contributed by atoms with van der Waals surface area (Å²) in [6.45, 7) is -0.213. The summed E-state index contributed by atoms with van der Waals surface area (Å²) >= 11 is 6.53. The molecule has 0 aliphatic carbocycles. The zero-order valence-electron chi connectivity index (χ0n) is 8.98. The Kier molecular flexibility index (Phi) is 3.65. The lowest BCUT2D eigenvalue weighted by molar-refractivity contribution is -0.140. The van der Waals surface area contributed by atoms with E-state index < -0.39 is 28.1 Å². The Morgan fingerprint density at radius 1 is 1.50 bits per heavy atom. The summed E-state index contributed by atoms with van der Waals surface area (Å²) in [4.78, 5) is 11.0. The molecule has 2 atom stereocenters.